The second kappa shape index (κ2) is 3.38. The largest absolute Gasteiger partial charge is 0.350 e. The predicted molar refractivity (Wildman–Crippen MR) is 34.6 cm³/mol. The normalized spacial score (nSPS) is 11.1. The molecule has 3 N–H and O–H groups in total. The zero-order valence-electron chi connectivity index (χ0n) is 6.30. The minimum atomic E-state index is -0.788. The highest BCUT2D eigenvalue weighted by Crippen LogP contribution is 2.05. The molecule has 0 aliphatic carbocycles. The van der Waals surface area contributed by atoms with E-state index in [0.29, 0.717) is 0 Å². The van der Waals surface area contributed by atoms with E-state index >= 15 is 0 Å². The number of amides is 2. The van der Waals surface area contributed by atoms with Gasteiger partial charge in [0.05, 0.1) is 5.60 Å². The van der Waals surface area contributed by atoms with E-state index < -0.39 is 11.6 Å². The van der Waals surface area contributed by atoms with Crippen LogP contribution in [0.15, 0.2) is 0 Å². The second-order valence-electron chi connectivity index (χ2n) is 2.75. The molecule has 0 saturated carbocycles. The highest BCUT2D eigenvalue weighted by Gasteiger charge is 2.11. The molecule has 2 amide bonds. The van der Waals surface area contributed by atoms with Gasteiger partial charge in [-0.15, -0.1) is 4.99 Å². The Hall–Kier alpha value is -0.810. The molecule has 5 heteroatoms. The van der Waals surface area contributed by atoms with Gasteiger partial charge >= 0.3 is 6.03 Å². The number of carbonyl (C=O) groups is 1. The average Bonchev–Trinajstić information content (AvgIpc) is 1.59. The Labute approximate surface area is 59.4 Å². The lowest BCUT2D eigenvalue weighted by molar-refractivity contribution is -0.373. The number of urea groups is 1. The zero-order chi connectivity index (χ0) is 8.20. The summed E-state index contributed by atoms with van der Waals surface area (Å²) < 4.78 is 0. The first-order chi connectivity index (χ1) is 4.42. The van der Waals surface area contributed by atoms with E-state index in [9.17, 15) is 4.79 Å². The van der Waals surface area contributed by atoms with Crippen molar-refractivity contribution in [2.75, 3.05) is 0 Å². The summed E-state index contributed by atoms with van der Waals surface area (Å²) in [6.07, 6.45) is 0. The van der Waals surface area contributed by atoms with Crippen LogP contribution in [-0.2, 0) is 9.88 Å². The summed E-state index contributed by atoms with van der Waals surface area (Å²) in [5.74, 6) is 0. The molecule has 0 heterocycles. The molecule has 0 atom stereocenters. The highest BCUT2D eigenvalue weighted by molar-refractivity contribution is 5.70. The summed E-state index contributed by atoms with van der Waals surface area (Å²) in [5.41, 5.74) is 6.03. The molecule has 0 rings (SSSR count). The maximum atomic E-state index is 9.99. The molecule has 0 aliphatic rings. The van der Waals surface area contributed by atoms with Gasteiger partial charge in [0.25, 0.3) is 0 Å². The van der Waals surface area contributed by atoms with E-state index in [0.717, 1.165) is 0 Å². The van der Waals surface area contributed by atoms with E-state index in [1.807, 2.05) is 5.48 Å². The van der Waals surface area contributed by atoms with E-state index in [1.54, 1.807) is 20.8 Å². The van der Waals surface area contributed by atoms with Gasteiger partial charge in [-0.05, 0) is 20.8 Å². The molecule has 0 radical (unpaired) electrons. The molecule has 0 aromatic rings. The van der Waals surface area contributed by atoms with Crippen molar-refractivity contribution in [2.24, 2.45) is 5.73 Å². The monoisotopic (exact) mass is 148 g/mol. The van der Waals surface area contributed by atoms with Crippen LogP contribution >= 0.6 is 0 Å². The van der Waals surface area contributed by atoms with Crippen molar-refractivity contribution in [1.29, 1.82) is 0 Å². The number of nitrogens with one attached hydrogen (secondary N) is 1. The van der Waals surface area contributed by atoms with Crippen molar-refractivity contribution in [3.8, 4) is 0 Å². The van der Waals surface area contributed by atoms with Crippen molar-refractivity contribution in [3.05, 3.63) is 0 Å². The number of hydroxylamine groups is 1. The zero-order valence-corrected chi connectivity index (χ0v) is 6.30. The van der Waals surface area contributed by atoms with Gasteiger partial charge in [0, 0.05) is 0 Å². The maximum Gasteiger partial charge on any atom is 0.338 e. The third kappa shape index (κ3) is 7.19. The fourth-order valence-corrected chi connectivity index (χ4v) is 0.187. The quantitative estimate of drug-likeness (QED) is 0.437. The number of carbonyl (C=O) groups excluding carboxylic acids is 1. The lowest BCUT2D eigenvalue weighted by Gasteiger charge is -2.15. The van der Waals surface area contributed by atoms with E-state index in [4.69, 9.17) is 0 Å². The van der Waals surface area contributed by atoms with Gasteiger partial charge in [-0.2, -0.15) is 5.48 Å². The Morgan fingerprint density at radius 1 is 1.50 bits per heavy atom. The van der Waals surface area contributed by atoms with Crippen LogP contribution in [-0.4, -0.2) is 11.6 Å². The molecule has 0 saturated heterocycles. The Morgan fingerprint density at radius 3 is 2.30 bits per heavy atom. The smallest absolute Gasteiger partial charge is 0.338 e. The number of nitrogens with two attached hydrogens (primary N) is 1. The molecule has 0 fully saturated rings. The fraction of sp³-hybridized carbons (Fsp3) is 0.800. The highest BCUT2D eigenvalue weighted by atomic mass is 17.3. The fourth-order valence-electron chi connectivity index (χ4n) is 0.187. The van der Waals surface area contributed by atoms with Crippen LogP contribution < -0.4 is 11.2 Å². The lowest BCUT2D eigenvalue weighted by atomic mass is 10.2. The lowest BCUT2D eigenvalue weighted by Crippen LogP contribution is -2.33. The Bertz CT molecular complexity index is 119. The summed E-state index contributed by atoms with van der Waals surface area (Å²) in [6.45, 7) is 5.32. The Morgan fingerprint density at radius 2 is 2.00 bits per heavy atom. The molecule has 0 unspecified atom stereocenters. The first-order valence-electron chi connectivity index (χ1n) is 2.82. The van der Waals surface area contributed by atoms with Crippen LogP contribution in [0.5, 0.6) is 0 Å². The van der Waals surface area contributed by atoms with Crippen molar-refractivity contribution in [3.63, 3.8) is 0 Å². The standard InChI is InChI=1S/C5H12N2O3/c1-5(2,3)9-10-7-4(6)8/h1-3H3,(H3,6,7,8). The molecule has 0 spiro atoms. The molecule has 0 bridgehead atoms. The summed E-state index contributed by atoms with van der Waals surface area (Å²) in [6, 6.07) is -0.788. The maximum absolute atomic E-state index is 9.99. The Kier molecular flexibility index (Phi) is 3.11. The van der Waals surface area contributed by atoms with Crippen LogP contribution in [0.2, 0.25) is 0 Å². The van der Waals surface area contributed by atoms with Gasteiger partial charge in [-0.25, -0.2) is 9.68 Å². The summed E-state index contributed by atoms with van der Waals surface area (Å²) in [7, 11) is 0. The molecule has 0 aliphatic heterocycles. The van der Waals surface area contributed by atoms with Gasteiger partial charge in [0.15, 0.2) is 0 Å². The number of hydrogen-bond acceptors (Lipinski definition) is 3. The van der Waals surface area contributed by atoms with Crippen LogP contribution in [0.25, 0.3) is 0 Å². The van der Waals surface area contributed by atoms with Gasteiger partial charge in [-0.3, -0.25) is 0 Å². The summed E-state index contributed by atoms with van der Waals surface area (Å²) in [4.78, 5) is 18.9. The van der Waals surface area contributed by atoms with E-state index in [2.05, 4.69) is 15.6 Å². The molecule has 0 aromatic carbocycles. The van der Waals surface area contributed by atoms with E-state index in [-0.39, 0.29) is 0 Å². The average molecular weight is 148 g/mol. The number of primary amides is 1. The van der Waals surface area contributed by atoms with Gasteiger partial charge in [0.1, 0.15) is 0 Å². The molecular formula is C5H12N2O3. The van der Waals surface area contributed by atoms with Gasteiger partial charge < -0.3 is 5.73 Å². The number of hydrogen-bond donors (Lipinski definition) is 2. The minimum absolute atomic E-state index is 0.456. The first kappa shape index (κ1) is 9.19. The second-order valence-corrected chi connectivity index (χ2v) is 2.75. The van der Waals surface area contributed by atoms with Gasteiger partial charge in [0.2, 0.25) is 0 Å². The van der Waals surface area contributed by atoms with Crippen LogP contribution in [0.4, 0.5) is 4.79 Å². The van der Waals surface area contributed by atoms with Crippen molar-refractivity contribution < 1.29 is 14.7 Å². The SMILES string of the molecule is CC(C)(C)OONC(N)=O. The molecule has 0 aromatic heterocycles. The van der Waals surface area contributed by atoms with Crippen LogP contribution in [0.3, 0.4) is 0 Å². The molecule has 10 heavy (non-hydrogen) atoms. The topological polar surface area (TPSA) is 73.6 Å². The van der Waals surface area contributed by atoms with Gasteiger partial charge in [-0.1, -0.05) is 0 Å². The predicted octanol–water partition coefficient (Wildman–Crippen LogP) is 0.316. The summed E-state index contributed by atoms with van der Waals surface area (Å²) in [5, 5.41) is 0. The third-order valence-corrected chi connectivity index (χ3v) is 0.434. The van der Waals surface area contributed by atoms with Crippen molar-refractivity contribution in [1.82, 2.24) is 5.48 Å². The number of rotatable bonds is 2. The summed E-state index contributed by atoms with van der Waals surface area (Å²) >= 11 is 0. The molecule has 60 valence electrons. The first-order valence-corrected chi connectivity index (χ1v) is 2.82. The van der Waals surface area contributed by atoms with Crippen LogP contribution in [0, 0.1) is 0 Å². The van der Waals surface area contributed by atoms with Crippen molar-refractivity contribution >= 4 is 6.03 Å². The molecular weight excluding hydrogens is 136 g/mol. The third-order valence-electron chi connectivity index (χ3n) is 0.434. The Balaban J connectivity index is 3.29. The van der Waals surface area contributed by atoms with Crippen LogP contribution in [0.1, 0.15) is 20.8 Å². The minimum Gasteiger partial charge on any atom is -0.350 e. The van der Waals surface area contributed by atoms with Crippen molar-refractivity contribution in [2.45, 2.75) is 26.4 Å². The van der Waals surface area contributed by atoms with E-state index in [1.165, 1.54) is 0 Å². The molecule has 5 nitrogen and oxygen atoms in total.